The minimum atomic E-state index is 0.203. The summed E-state index contributed by atoms with van der Waals surface area (Å²) in [5, 5.41) is 6.29. The van der Waals surface area contributed by atoms with Gasteiger partial charge in [0, 0.05) is 10.4 Å². The lowest BCUT2D eigenvalue weighted by molar-refractivity contribution is 0.431. The molecule has 0 aliphatic rings. The van der Waals surface area contributed by atoms with Crippen molar-refractivity contribution in [2.24, 2.45) is 0 Å². The molecule has 0 aliphatic heterocycles. The van der Waals surface area contributed by atoms with Gasteiger partial charge in [0.15, 0.2) is 0 Å². The molecule has 0 spiro atoms. The van der Waals surface area contributed by atoms with Gasteiger partial charge in [0.2, 0.25) is 0 Å². The molecule has 84 valence electrons. The van der Waals surface area contributed by atoms with E-state index in [1.54, 1.807) is 11.3 Å². The number of halogens is 1. The van der Waals surface area contributed by atoms with Gasteiger partial charge in [0.25, 0.3) is 0 Å². The van der Waals surface area contributed by atoms with E-state index < -0.39 is 0 Å². The zero-order chi connectivity index (χ0) is 11.3. The van der Waals surface area contributed by atoms with Crippen molar-refractivity contribution in [2.75, 3.05) is 6.54 Å². The molecule has 1 nitrogen and oxygen atoms in total. The van der Waals surface area contributed by atoms with Crippen molar-refractivity contribution in [1.82, 2.24) is 5.32 Å². The molecule has 0 bridgehead atoms. The number of thiophene rings is 1. The second-order valence-electron chi connectivity index (χ2n) is 4.50. The van der Waals surface area contributed by atoms with Gasteiger partial charge < -0.3 is 5.32 Å². The van der Waals surface area contributed by atoms with Crippen LogP contribution in [0.25, 0.3) is 6.08 Å². The molecular formula is C12H18ClNS. The first-order valence-corrected chi connectivity index (χ1v) is 6.39. The average Bonchev–Trinajstić information content (AvgIpc) is 2.49. The van der Waals surface area contributed by atoms with Gasteiger partial charge in [-0.15, -0.1) is 11.3 Å². The summed E-state index contributed by atoms with van der Waals surface area (Å²) in [5.41, 5.74) is 0.203. The van der Waals surface area contributed by atoms with Gasteiger partial charge in [-0.25, -0.2) is 0 Å². The summed E-state index contributed by atoms with van der Waals surface area (Å²) in [6.07, 6.45) is 5.29. The first-order valence-electron chi connectivity index (χ1n) is 5.13. The Bertz CT molecular complexity index is 323. The predicted molar refractivity (Wildman–Crippen MR) is 70.7 cm³/mol. The van der Waals surface area contributed by atoms with E-state index in [-0.39, 0.29) is 5.54 Å². The normalized spacial score (nSPS) is 12.5. The first kappa shape index (κ1) is 12.8. The van der Waals surface area contributed by atoms with Gasteiger partial charge in [-0.1, -0.05) is 17.7 Å². The highest BCUT2D eigenvalue weighted by Crippen LogP contribution is 2.23. The molecule has 0 amide bonds. The van der Waals surface area contributed by atoms with Crippen molar-refractivity contribution in [3.63, 3.8) is 0 Å². The molecule has 0 saturated heterocycles. The van der Waals surface area contributed by atoms with Crippen LogP contribution in [-0.2, 0) is 0 Å². The predicted octanol–water partition coefficient (Wildman–Crippen LogP) is 4.19. The molecule has 1 rings (SSSR count). The van der Waals surface area contributed by atoms with Crippen LogP contribution in [0, 0.1) is 0 Å². The van der Waals surface area contributed by atoms with E-state index in [9.17, 15) is 0 Å². The fourth-order valence-corrected chi connectivity index (χ4v) is 2.19. The minimum Gasteiger partial charge on any atom is -0.312 e. The minimum absolute atomic E-state index is 0.203. The molecule has 1 heterocycles. The van der Waals surface area contributed by atoms with Crippen LogP contribution in [0.3, 0.4) is 0 Å². The van der Waals surface area contributed by atoms with Crippen LogP contribution in [0.15, 0.2) is 17.5 Å². The number of hydrogen-bond acceptors (Lipinski definition) is 2. The Morgan fingerprint density at radius 2 is 2.20 bits per heavy atom. The average molecular weight is 244 g/mol. The van der Waals surface area contributed by atoms with Crippen LogP contribution in [0.2, 0.25) is 5.02 Å². The van der Waals surface area contributed by atoms with Crippen LogP contribution in [0.1, 0.15) is 32.1 Å². The van der Waals surface area contributed by atoms with Crippen molar-refractivity contribution < 1.29 is 0 Å². The Morgan fingerprint density at radius 1 is 1.47 bits per heavy atom. The molecule has 15 heavy (non-hydrogen) atoms. The Morgan fingerprint density at radius 3 is 2.73 bits per heavy atom. The molecule has 1 N–H and O–H groups in total. The van der Waals surface area contributed by atoms with E-state index >= 15 is 0 Å². The number of hydrogen-bond donors (Lipinski definition) is 1. The van der Waals surface area contributed by atoms with Gasteiger partial charge >= 0.3 is 0 Å². The van der Waals surface area contributed by atoms with E-state index in [0.717, 1.165) is 22.9 Å². The van der Waals surface area contributed by atoms with E-state index in [1.165, 1.54) is 0 Å². The monoisotopic (exact) mass is 243 g/mol. The fraction of sp³-hybridized carbons (Fsp3) is 0.500. The SMILES string of the molecule is CC(C)(C)NCC/C=C/c1sccc1Cl. The molecule has 0 unspecified atom stereocenters. The zero-order valence-electron chi connectivity index (χ0n) is 9.51. The van der Waals surface area contributed by atoms with Crippen molar-refractivity contribution in [1.29, 1.82) is 0 Å². The molecule has 0 saturated carbocycles. The maximum atomic E-state index is 5.97. The third-order valence-electron chi connectivity index (χ3n) is 1.88. The second-order valence-corrected chi connectivity index (χ2v) is 5.86. The molecule has 3 heteroatoms. The molecule has 1 aromatic heterocycles. The molecular weight excluding hydrogens is 226 g/mol. The summed E-state index contributed by atoms with van der Waals surface area (Å²) in [4.78, 5) is 1.15. The zero-order valence-corrected chi connectivity index (χ0v) is 11.1. The Balaban J connectivity index is 2.27. The Labute approximate surface area is 101 Å². The van der Waals surface area contributed by atoms with E-state index in [1.807, 2.05) is 11.4 Å². The van der Waals surface area contributed by atoms with Crippen molar-refractivity contribution in [3.05, 3.63) is 27.4 Å². The van der Waals surface area contributed by atoms with E-state index in [4.69, 9.17) is 11.6 Å². The molecule has 1 aromatic rings. The van der Waals surface area contributed by atoms with Gasteiger partial charge in [0.1, 0.15) is 0 Å². The lowest BCUT2D eigenvalue weighted by Gasteiger charge is -2.19. The fourth-order valence-electron chi connectivity index (χ4n) is 1.15. The van der Waals surface area contributed by atoms with Crippen LogP contribution >= 0.6 is 22.9 Å². The molecule has 0 fully saturated rings. The lowest BCUT2D eigenvalue weighted by atomic mass is 10.1. The van der Waals surface area contributed by atoms with Crippen molar-refractivity contribution in [2.45, 2.75) is 32.7 Å². The largest absolute Gasteiger partial charge is 0.312 e. The third-order valence-corrected chi connectivity index (χ3v) is 3.20. The van der Waals surface area contributed by atoms with Crippen molar-refractivity contribution in [3.8, 4) is 0 Å². The van der Waals surface area contributed by atoms with Crippen LogP contribution in [0.4, 0.5) is 0 Å². The highest BCUT2D eigenvalue weighted by atomic mass is 35.5. The maximum Gasteiger partial charge on any atom is 0.0585 e. The van der Waals surface area contributed by atoms with Crippen LogP contribution < -0.4 is 5.32 Å². The highest BCUT2D eigenvalue weighted by molar-refractivity contribution is 7.11. The summed E-state index contributed by atoms with van der Waals surface area (Å²) in [6, 6.07) is 1.93. The quantitative estimate of drug-likeness (QED) is 0.782. The van der Waals surface area contributed by atoms with Gasteiger partial charge in [-0.3, -0.25) is 0 Å². The smallest absolute Gasteiger partial charge is 0.0585 e. The third kappa shape index (κ3) is 5.36. The standard InChI is InChI=1S/C12H18ClNS/c1-12(2,3)14-8-5-4-6-11-10(13)7-9-15-11/h4,6-7,9,14H,5,8H2,1-3H3/b6-4+. The summed E-state index contributed by atoms with van der Waals surface area (Å²) in [6.45, 7) is 7.52. The Kier molecular flexibility index (Phi) is 4.84. The summed E-state index contributed by atoms with van der Waals surface area (Å²) < 4.78 is 0. The summed E-state index contributed by atoms with van der Waals surface area (Å²) >= 11 is 7.64. The van der Waals surface area contributed by atoms with Gasteiger partial charge in [0.05, 0.1) is 5.02 Å². The second kappa shape index (κ2) is 5.69. The summed E-state index contributed by atoms with van der Waals surface area (Å²) in [5.74, 6) is 0. The highest BCUT2D eigenvalue weighted by Gasteiger charge is 2.06. The topological polar surface area (TPSA) is 12.0 Å². The Hall–Kier alpha value is -0.310. The molecule has 0 aliphatic carbocycles. The lowest BCUT2D eigenvalue weighted by Crippen LogP contribution is -2.36. The maximum absolute atomic E-state index is 5.97. The van der Waals surface area contributed by atoms with E-state index in [0.29, 0.717) is 0 Å². The molecule has 0 aromatic carbocycles. The van der Waals surface area contributed by atoms with Crippen molar-refractivity contribution >= 4 is 29.0 Å². The van der Waals surface area contributed by atoms with Crippen LogP contribution in [0.5, 0.6) is 0 Å². The summed E-state index contributed by atoms with van der Waals surface area (Å²) in [7, 11) is 0. The van der Waals surface area contributed by atoms with Gasteiger partial charge in [-0.05, 0) is 51.3 Å². The van der Waals surface area contributed by atoms with E-state index in [2.05, 4.69) is 38.2 Å². The first-order chi connectivity index (χ1) is 6.99. The van der Waals surface area contributed by atoms with Gasteiger partial charge in [-0.2, -0.15) is 0 Å². The number of rotatable bonds is 4. The molecule has 0 radical (unpaired) electrons. The van der Waals surface area contributed by atoms with Crippen LogP contribution in [-0.4, -0.2) is 12.1 Å². The molecule has 0 atom stereocenters. The number of nitrogens with one attached hydrogen (secondary N) is 1.